The Labute approximate surface area is 73.5 Å². The molecule has 0 fully saturated rings. The molecule has 12 heavy (non-hydrogen) atoms. The van der Waals surface area contributed by atoms with Crippen LogP contribution >= 0.6 is 0 Å². The van der Waals surface area contributed by atoms with E-state index in [0.717, 1.165) is 0 Å². The summed E-state index contributed by atoms with van der Waals surface area (Å²) in [5, 5.41) is 3.26. The van der Waals surface area contributed by atoms with Crippen LogP contribution in [0.5, 0.6) is 0 Å². The maximum absolute atomic E-state index is 4.96. The van der Waals surface area contributed by atoms with Crippen LogP contribution < -0.4 is 5.32 Å². The molecule has 1 N–H and O–H groups in total. The van der Waals surface area contributed by atoms with Gasteiger partial charge in [0, 0.05) is 6.21 Å². The molecule has 0 aliphatic carbocycles. The molecule has 0 aromatic rings. The van der Waals surface area contributed by atoms with Gasteiger partial charge >= 0.3 is 0 Å². The zero-order valence-corrected chi connectivity index (χ0v) is 8.09. The minimum absolute atomic E-state index is 0.0397. The summed E-state index contributed by atoms with van der Waals surface area (Å²) in [6.07, 6.45) is 3.70. The average Bonchev–Trinajstić information content (AvgIpc) is 2.06. The molecule has 0 saturated carbocycles. The van der Waals surface area contributed by atoms with Gasteiger partial charge in [0.1, 0.15) is 0 Å². The number of nitrogens with one attached hydrogen (secondary N) is 1. The van der Waals surface area contributed by atoms with E-state index in [0.29, 0.717) is 11.8 Å². The zero-order chi connectivity index (χ0) is 9.19. The first-order valence-corrected chi connectivity index (χ1v) is 4.15. The highest BCUT2D eigenvalue weighted by Crippen LogP contribution is 2.18. The zero-order valence-electron chi connectivity index (χ0n) is 8.09. The van der Waals surface area contributed by atoms with Gasteiger partial charge < -0.3 is 10.1 Å². The van der Waals surface area contributed by atoms with Crippen LogP contribution in [0.1, 0.15) is 20.8 Å². The minimum Gasteiger partial charge on any atom is -0.480 e. The number of hydrogen-bond acceptors (Lipinski definition) is 3. The molecular formula is C9H16N2O. The van der Waals surface area contributed by atoms with E-state index in [9.17, 15) is 0 Å². The van der Waals surface area contributed by atoms with Gasteiger partial charge in [-0.05, 0) is 12.8 Å². The lowest BCUT2D eigenvalue weighted by molar-refractivity contribution is 0.274. The van der Waals surface area contributed by atoms with E-state index in [4.69, 9.17) is 4.74 Å². The monoisotopic (exact) mass is 168 g/mol. The third-order valence-electron chi connectivity index (χ3n) is 2.38. The van der Waals surface area contributed by atoms with Crippen molar-refractivity contribution < 1.29 is 4.74 Å². The van der Waals surface area contributed by atoms with E-state index < -0.39 is 0 Å². The topological polar surface area (TPSA) is 33.6 Å². The van der Waals surface area contributed by atoms with Gasteiger partial charge in [0.15, 0.2) is 0 Å². The Hall–Kier alpha value is -0.990. The van der Waals surface area contributed by atoms with E-state index in [1.165, 1.54) is 0 Å². The molecule has 0 spiro atoms. The lowest BCUT2D eigenvalue weighted by Gasteiger charge is -2.32. The largest absolute Gasteiger partial charge is 0.480 e. The predicted molar refractivity (Wildman–Crippen MR) is 50.0 cm³/mol. The first-order valence-electron chi connectivity index (χ1n) is 4.15. The third kappa shape index (κ3) is 1.60. The molecule has 1 atom stereocenters. The van der Waals surface area contributed by atoms with Crippen molar-refractivity contribution in [3.8, 4) is 0 Å². The molecule has 3 heteroatoms. The highest BCUT2D eigenvalue weighted by atomic mass is 16.5. The summed E-state index contributed by atoms with van der Waals surface area (Å²) in [7, 11) is 1.61. The summed E-state index contributed by atoms with van der Waals surface area (Å²) >= 11 is 0. The quantitative estimate of drug-likeness (QED) is 0.678. The fourth-order valence-electron chi connectivity index (χ4n) is 0.917. The standard InChI is InChI=1S/C9H16N2O/c1-7(2)9(3)6-10-8(12-4)5-11-9/h5-7,11H,1-4H3. The molecule has 1 unspecified atom stereocenters. The molecule has 1 aliphatic rings. The maximum Gasteiger partial charge on any atom is 0.229 e. The van der Waals surface area contributed by atoms with Crippen LogP contribution in [0.4, 0.5) is 0 Å². The van der Waals surface area contributed by atoms with Crippen molar-refractivity contribution in [3.63, 3.8) is 0 Å². The Kier molecular flexibility index (Phi) is 2.40. The van der Waals surface area contributed by atoms with E-state index in [1.807, 2.05) is 6.21 Å². The normalized spacial score (nSPS) is 28.2. The van der Waals surface area contributed by atoms with Gasteiger partial charge in [0.05, 0.1) is 18.8 Å². The number of nitrogens with zero attached hydrogens (tertiary/aromatic N) is 1. The van der Waals surface area contributed by atoms with Gasteiger partial charge in [0.25, 0.3) is 0 Å². The van der Waals surface area contributed by atoms with Crippen LogP contribution in [0.15, 0.2) is 17.1 Å². The van der Waals surface area contributed by atoms with Crippen LogP contribution in [0.3, 0.4) is 0 Å². The molecule has 0 saturated heterocycles. The smallest absolute Gasteiger partial charge is 0.229 e. The Morgan fingerprint density at radius 3 is 2.58 bits per heavy atom. The van der Waals surface area contributed by atoms with Gasteiger partial charge in [-0.1, -0.05) is 13.8 Å². The van der Waals surface area contributed by atoms with E-state index in [2.05, 4.69) is 31.1 Å². The molecule has 0 radical (unpaired) electrons. The highest BCUT2D eigenvalue weighted by Gasteiger charge is 2.27. The van der Waals surface area contributed by atoms with E-state index in [1.54, 1.807) is 13.3 Å². The van der Waals surface area contributed by atoms with Crippen LogP contribution in [0.25, 0.3) is 0 Å². The van der Waals surface area contributed by atoms with Gasteiger partial charge in [-0.2, -0.15) is 0 Å². The number of ether oxygens (including phenoxy) is 1. The maximum atomic E-state index is 4.96. The first kappa shape index (κ1) is 9.10. The van der Waals surface area contributed by atoms with Crippen molar-refractivity contribution in [2.75, 3.05) is 7.11 Å². The Bertz CT molecular complexity index is 221. The molecular weight excluding hydrogens is 152 g/mol. The molecule has 0 amide bonds. The molecule has 1 heterocycles. The van der Waals surface area contributed by atoms with Gasteiger partial charge in [-0.15, -0.1) is 0 Å². The van der Waals surface area contributed by atoms with Crippen LogP contribution in [-0.4, -0.2) is 18.9 Å². The number of methoxy groups -OCH3 is 1. The summed E-state index contributed by atoms with van der Waals surface area (Å²) in [5.74, 6) is 1.14. The van der Waals surface area contributed by atoms with Crippen molar-refractivity contribution in [1.29, 1.82) is 0 Å². The fraction of sp³-hybridized carbons (Fsp3) is 0.667. The predicted octanol–water partition coefficient (Wildman–Crippen LogP) is 1.52. The molecule has 0 aromatic heterocycles. The summed E-state index contributed by atoms with van der Waals surface area (Å²) in [6.45, 7) is 6.43. The first-order chi connectivity index (χ1) is 5.58. The Balaban J connectivity index is 2.70. The lowest BCUT2D eigenvalue weighted by atomic mass is 9.89. The summed E-state index contributed by atoms with van der Waals surface area (Å²) in [5.41, 5.74) is -0.0397. The second kappa shape index (κ2) is 3.17. The van der Waals surface area contributed by atoms with Crippen LogP contribution in [0, 0.1) is 5.92 Å². The summed E-state index contributed by atoms with van der Waals surface area (Å²) in [4.78, 5) is 4.17. The molecule has 1 rings (SSSR count). The summed E-state index contributed by atoms with van der Waals surface area (Å²) in [6, 6.07) is 0. The second-order valence-corrected chi connectivity index (χ2v) is 3.53. The van der Waals surface area contributed by atoms with Crippen LogP contribution in [0.2, 0.25) is 0 Å². The lowest BCUT2D eigenvalue weighted by Crippen LogP contribution is -2.47. The van der Waals surface area contributed by atoms with Crippen LogP contribution in [-0.2, 0) is 4.74 Å². The minimum atomic E-state index is -0.0397. The van der Waals surface area contributed by atoms with E-state index >= 15 is 0 Å². The van der Waals surface area contributed by atoms with Crippen molar-refractivity contribution in [1.82, 2.24) is 5.32 Å². The van der Waals surface area contributed by atoms with Crippen molar-refractivity contribution in [2.45, 2.75) is 26.3 Å². The summed E-state index contributed by atoms with van der Waals surface area (Å²) < 4.78 is 4.96. The molecule has 3 nitrogen and oxygen atoms in total. The Morgan fingerprint density at radius 2 is 2.25 bits per heavy atom. The molecule has 0 bridgehead atoms. The van der Waals surface area contributed by atoms with E-state index in [-0.39, 0.29) is 5.54 Å². The number of aliphatic imine (C=N–C) groups is 1. The third-order valence-corrected chi connectivity index (χ3v) is 2.38. The van der Waals surface area contributed by atoms with Gasteiger partial charge in [0.2, 0.25) is 5.88 Å². The highest BCUT2D eigenvalue weighted by molar-refractivity contribution is 5.72. The SMILES string of the molecule is COC1=CNC(C)(C(C)C)C=N1. The average molecular weight is 168 g/mol. The molecule has 68 valence electrons. The number of hydrogen-bond donors (Lipinski definition) is 1. The van der Waals surface area contributed by atoms with Crippen molar-refractivity contribution in [3.05, 3.63) is 12.1 Å². The molecule has 0 aromatic carbocycles. The second-order valence-electron chi connectivity index (χ2n) is 3.53. The van der Waals surface area contributed by atoms with Crippen molar-refractivity contribution in [2.24, 2.45) is 10.9 Å². The fourth-order valence-corrected chi connectivity index (χ4v) is 0.917. The van der Waals surface area contributed by atoms with Gasteiger partial charge in [-0.25, -0.2) is 4.99 Å². The van der Waals surface area contributed by atoms with Gasteiger partial charge in [-0.3, -0.25) is 0 Å². The Morgan fingerprint density at radius 1 is 1.58 bits per heavy atom. The van der Waals surface area contributed by atoms with Crippen molar-refractivity contribution >= 4 is 6.21 Å². The number of rotatable bonds is 2. The molecule has 1 aliphatic heterocycles.